The zero-order valence-electron chi connectivity index (χ0n) is 17.7. The number of ether oxygens (including phenoxy) is 2. The molecule has 1 aromatic heterocycles. The van der Waals surface area contributed by atoms with Crippen molar-refractivity contribution < 1.29 is 14.3 Å². The predicted octanol–water partition coefficient (Wildman–Crippen LogP) is 2.00. The van der Waals surface area contributed by atoms with Gasteiger partial charge in [0.15, 0.2) is 0 Å². The number of hydrogen-bond acceptors (Lipinski definition) is 6. The molecule has 2 aromatic rings. The molecule has 0 atom stereocenters. The number of fused-ring (bicyclic) bond motifs is 1. The van der Waals surface area contributed by atoms with Crippen molar-refractivity contribution in [1.29, 1.82) is 0 Å². The van der Waals surface area contributed by atoms with E-state index in [1.807, 2.05) is 36.1 Å². The van der Waals surface area contributed by atoms with Crippen LogP contribution in [0.3, 0.4) is 0 Å². The maximum Gasteiger partial charge on any atom is 0.317 e. The Kier molecular flexibility index (Phi) is 6.32. The number of carbonyl (C=O) groups excluding carboxylic acids is 1. The van der Waals surface area contributed by atoms with Crippen LogP contribution in [0.25, 0.3) is 0 Å². The lowest BCUT2D eigenvalue weighted by atomic mass is 10.0. The molecule has 0 bridgehead atoms. The van der Waals surface area contributed by atoms with Gasteiger partial charge in [0.05, 0.1) is 32.6 Å². The van der Waals surface area contributed by atoms with Gasteiger partial charge in [0.2, 0.25) is 0 Å². The van der Waals surface area contributed by atoms with E-state index in [9.17, 15) is 4.79 Å². The smallest absolute Gasteiger partial charge is 0.317 e. The first kappa shape index (κ1) is 20.4. The molecule has 1 N–H and O–H groups in total. The molecule has 4 rings (SSSR count). The highest BCUT2D eigenvalue weighted by Crippen LogP contribution is 2.28. The maximum atomic E-state index is 12.4. The summed E-state index contributed by atoms with van der Waals surface area (Å²) < 4.78 is 10.8. The van der Waals surface area contributed by atoms with E-state index in [-0.39, 0.29) is 6.03 Å². The fourth-order valence-corrected chi connectivity index (χ4v) is 3.92. The largest absolute Gasteiger partial charge is 0.497 e. The minimum Gasteiger partial charge on any atom is -0.497 e. The van der Waals surface area contributed by atoms with E-state index in [2.05, 4.69) is 10.2 Å². The van der Waals surface area contributed by atoms with E-state index in [0.717, 1.165) is 53.7 Å². The molecule has 0 saturated carbocycles. The SMILES string of the molecule is CCNC(=O)N1CCc2nc(Cc3ccc(OC)cc3)nc(N3CCOCC3)c2C1. The van der Waals surface area contributed by atoms with E-state index >= 15 is 0 Å². The van der Waals surface area contributed by atoms with Crippen LogP contribution in [0.4, 0.5) is 10.6 Å². The van der Waals surface area contributed by atoms with E-state index in [1.165, 1.54) is 0 Å². The second kappa shape index (κ2) is 9.30. The van der Waals surface area contributed by atoms with Crippen LogP contribution in [0.15, 0.2) is 24.3 Å². The highest BCUT2D eigenvalue weighted by molar-refractivity contribution is 5.74. The molecule has 0 aliphatic carbocycles. The lowest BCUT2D eigenvalue weighted by Gasteiger charge is -2.34. The monoisotopic (exact) mass is 411 g/mol. The van der Waals surface area contributed by atoms with E-state index in [1.54, 1.807) is 7.11 Å². The van der Waals surface area contributed by atoms with Gasteiger partial charge in [-0.05, 0) is 24.6 Å². The van der Waals surface area contributed by atoms with Gasteiger partial charge in [-0.3, -0.25) is 0 Å². The number of carbonyl (C=O) groups is 1. The third-order valence-electron chi connectivity index (χ3n) is 5.53. The van der Waals surface area contributed by atoms with E-state index in [4.69, 9.17) is 19.4 Å². The molecule has 2 aliphatic heterocycles. The Morgan fingerprint density at radius 2 is 1.93 bits per heavy atom. The normalized spacial score (nSPS) is 16.2. The van der Waals surface area contributed by atoms with Crippen molar-refractivity contribution >= 4 is 11.8 Å². The minimum atomic E-state index is -0.0293. The molecule has 0 unspecified atom stereocenters. The van der Waals surface area contributed by atoms with Crippen molar-refractivity contribution in [2.75, 3.05) is 51.4 Å². The van der Waals surface area contributed by atoms with Crippen LogP contribution < -0.4 is 15.0 Å². The van der Waals surface area contributed by atoms with Crippen molar-refractivity contribution in [2.24, 2.45) is 0 Å². The number of benzene rings is 1. The summed E-state index contributed by atoms with van der Waals surface area (Å²) in [6.07, 6.45) is 1.40. The average Bonchev–Trinajstić information content (AvgIpc) is 2.79. The molecule has 8 heteroatoms. The summed E-state index contributed by atoms with van der Waals surface area (Å²) in [6.45, 7) is 6.73. The van der Waals surface area contributed by atoms with Crippen LogP contribution in [0, 0.1) is 0 Å². The lowest BCUT2D eigenvalue weighted by molar-refractivity contribution is 0.122. The molecule has 1 fully saturated rings. The minimum absolute atomic E-state index is 0.0293. The Morgan fingerprint density at radius 1 is 1.17 bits per heavy atom. The predicted molar refractivity (Wildman–Crippen MR) is 114 cm³/mol. The number of rotatable bonds is 5. The van der Waals surface area contributed by atoms with E-state index < -0.39 is 0 Å². The van der Waals surface area contributed by atoms with Gasteiger partial charge in [-0.2, -0.15) is 0 Å². The van der Waals surface area contributed by atoms with Crippen molar-refractivity contribution in [3.8, 4) is 5.75 Å². The topological polar surface area (TPSA) is 79.8 Å². The van der Waals surface area contributed by atoms with Crippen molar-refractivity contribution in [2.45, 2.75) is 26.3 Å². The number of methoxy groups -OCH3 is 1. The zero-order chi connectivity index (χ0) is 20.9. The first-order valence-electron chi connectivity index (χ1n) is 10.5. The number of amides is 2. The lowest BCUT2D eigenvalue weighted by Crippen LogP contribution is -2.44. The number of aromatic nitrogens is 2. The Morgan fingerprint density at radius 3 is 2.63 bits per heavy atom. The van der Waals surface area contributed by atoms with Gasteiger partial charge in [-0.15, -0.1) is 0 Å². The number of anilines is 1. The standard InChI is InChI=1S/C22H29N5O3/c1-3-23-22(28)27-9-8-19-18(15-27)21(26-10-12-30-13-11-26)25-20(24-19)14-16-4-6-17(29-2)7-5-16/h4-7H,3,8-15H2,1-2H3,(H,23,28). The fraction of sp³-hybridized carbons (Fsp3) is 0.500. The second-order valence-electron chi connectivity index (χ2n) is 7.52. The average molecular weight is 412 g/mol. The van der Waals surface area contributed by atoms with Gasteiger partial charge in [-0.25, -0.2) is 14.8 Å². The van der Waals surface area contributed by atoms with Crippen molar-refractivity contribution in [3.63, 3.8) is 0 Å². The van der Waals surface area contributed by atoms with Gasteiger partial charge in [0.1, 0.15) is 17.4 Å². The molecule has 8 nitrogen and oxygen atoms in total. The molecule has 30 heavy (non-hydrogen) atoms. The zero-order valence-corrected chi connectivity index (χ0v) is 17.7. The number of morpholine rings is 1. The number of hydrogen-bond donors (Lipinski definition) is 1. The van der Waals surface area contributed by atoms with Crippen LogP contribution in [-0.4, -0.2) is 67.4 Å². The van der Waals surface area contributed by atoms with Gasteiger partial charge >= 0.3 is 6.03 Å². The van der Waals surface area contributed by atoms with Gasteiger partial charge < -0.3 is 24.6 Å². The van der Waals surface area contributed by atoms with Crippen molar-refractivity contribution in [3.05, 3.63) is 46.9 Å². The molecule has 3 heterocycles. The Balaban J connectivity index is 1.64. The van der Waals surface area contributed by atoms with Crippen molar-refractivity contribution in [1.82, 2.24) is 20.2 Å². The fourth-order valence-electron chi connectivity index (χ4n) is 3.92. The molecule has 0 spiro atoms. The first-order valence-corrected chi connectivity index (χ1v) is 10.5. The molecule has 2 aliphatic rings. The second-order valence-corrected chi connectivity index (χ2v) is 7.52. The van der Waals surface area contributed by atoms with E-state index in [0.29, 0.717) is 39.3 Å². The highest BCUT2D eigenvalue weighted by atomic mass is 16.5. The van der Waals surface area contributed by atoms with Gasteiger partial charge in [0.25, 0.3) is 0 Å². The Bertz CT molecular complexity index is 881. The Hall–Kier alpha value is -2.87. The molecule has 160 valence electrons. The molecular weight excluding hydrogens is 382 g/mol. The third-order valence-corrected chi connectivity index (χ3v) is 5.53. The summed E-state index contributed by atoms with van der Waals surface area (Å²) >= 11 is 0. The molecular formula is C22H29N5O3. The number of urea groups is 1. The summed E-state index contributed by atoms with van der Waals surface area (Å²) in [4.78, 5) is 26.3. The highest BCUT2D eigenvalue weighted by Gasteiger charge is 2.28. The van der Waals surface area contributed by atoms with Crippen LogP contribution in [0.5, 0.6) is 5.75 Å². The molecule has 2 amide bonds. The summed E-state index contributed by atoms with van der Waals surface area (Å²) in [5, 5.41) is 2.90. The molecule has 1 aromatic carbocycles. The van der Waals surface area contributed by atoms with Crippen LogP contribution in [-0.2, 0) is 24.1 Å². The van der Waals surface area contributed by atoms with Crippen LogP contribution in [0.1, 0.15) is 29.6 Å². The van der Waals surface area contributed by atoms with Crippen LogP contribution >= 0.6 is 0 Å². The molecule has 0 radical (unpaired) electrons. The quantitative estimate of drug-likeness (QED) is 0.811. The summed E-state index contributed by atoms with van der Waals surface area (Å²) in [7, 11) is 1.67. The third kappa shape index (κ3) is 4.48. The summed E-state index contributed by atoms with van der Waals surface area (Å²) in [5.74, 6) is 2.59. The first-order chi connectivity index (χ1) is 14.7. The van der Waals surface area contributed by atoms with Crippen LogP contribution in [0.2, 0.25) is 0 Å². The Labute approximate surface area is 177 Å². The van der Waals surface area contributed by atoms with Gasteiger partial charge in [-0.1, -0.05) is 12.1 Å². The summed E-state index contributed by atoms with van der Waals surface area (Å²) in [6, 6.07) is 7.99. The number of nitrogens with zero attached hydrogens (tertiary/aromatic N) is 4. The maximum absolute atomic E-state index is 12.4. The number of nitrogens with one attached hydrogen (secondary N) is 1. The summed E-state index contributed by atoms with van der Waals surface area (Å²) in [5.41, 5.74) is 3.26. The van der Waals surface area contributed by atoms with Gasteiger partial charge in [0, 0.05) is 44.6 Å². The molecule has 1 saturated heterocycles.